The van der Waals surface area contributed by atoms with Gasteiger partial charge in [0, 0.05) is 32.4 Å². The van der Waals surface area contributed by atoms with Crippen LogP contribution in [0.2, 0.25) is 0 Å². The lowest BCUT2D eigenvalue weighted by Crippen LogP contribution is -2.27. The van der Waals surface area contributed by atoms with Crippen LogP contribution in [-0.4, -0.2) is 46.7 Å². The topological polar surface area (TPSA) is 98.6 Å². The summed E-state index contributed by atoms with van der Waals surface area (Å²) in [5, 5.41) is 22.6. The first-order valence-electron chi connectivity index (χ1n) is 9.30. The van der Waals surface area contributed by atoms with Crippen LogP contribution in [0.15, 0.2) is 60.8 Å². The highest BCUT2D eigenvalue weighted by atomic mass is 16.3. The molecule has 3 N–H and O–H groups in total. The zero-order valence-electron chi connectivity index (χ0n) is 16.4. The third-order valence-corrected chi connectivity index (χ3v) is 4.43. The van der Waals surface area contributed by atoms with E-state index in [-0.39, 0.29) is 18.2 Å². The molecule has 3 aromatic rings. The number of benzene rings is 2. The van der Waals surface area contributed by atoms with Gasteiger partial charge in [0.2, 0.25) is 5.95 Å². The third kappa shape index (κ3) is 5.08. The van der Waals surface area contributed by atoms with Gasteiger partial charge in [-0.3, -0.25) is 4.79 Å². The maximum absolute atomic E-state index is 12.8. The molecule has 0 saturated heterocycles. The van der Waals surface area contributed by atoms with Crippen molar-refractivity contribution >= 4 is 11.9 Å². The van der Waals surface area contributed by atoms with E-state index in [2.05, 4.69) is 15.3 Å². The maximum atomic E-state index is 12.8. The summed E-state index contributed by atoms with van der Waals surface area (Å²) in [6.07, 6.45) is 1.04. The van der Waals surface area contributed by atoms with E-state index in [1.165, 1.54) is 12.3 Å². The number of hydrogen-bond acceptors (Lipinski definition) is 6. The van der Waals surface area contributed by atoms with Gasteiger partial charge in [-0.25, -0.2) is 9.97 Å². The average molecular weight is 392 g/mol. The number of carbonyl (C=O) groups is 1. The number of aromatic nitrogens is 2. The van der Waals surface area contributed by atoms with Crippen LogP contribution in [0.3, 0.4) is 0 Å². The van der Waals surface area contributed by atoms with Crippen LogP contribution < -0.4 is 10.2 Å². The highest BCUT2D eigenvalue weighted by Gasteiger charge is 2.17. The highest BCUT2D eigenvalue weighted by Crippen LogP contribution is 2.23. The lowest BCUT2D eigenvalue weighted by Gasteiger charge is -2.15. The molecule has 7 nitrogen and oxygen atoms in total. The van der Waals surface area contributed by atoms with Crippen molar-refractivity contribution in [1.29, 1.82) is 0 Å². The molecule has 1 atom stereocenters. The number of nitrogens with zero attached hydrogens (tertiary/aromatic N) is 3. The minimum atomic E-state index is -0.789. The van der Waals surface area contributed by atoms with Gasteiger partial charge in [0.1, 0.15) is 5.75 Å². The number of phenolic OH excluding ortho intramolecular Hbond substituents is 1. The smallest absolute Gasteiger partial charge is 0.255 e. The minimum Gasteiger partial charge on any atom is -0.508 e. The van der Waals surface area contributed by atoms with Gasteiger partial charge in [0.15, 0.2) is 0 Å². The molecule has 1 heterocycles. The first-order chi connectivity index (χ1) is 14.0. The Balaban J connectivity index is 1.73. The minimum absolute atomic E-state index is 0.0937. The largest absolute Gasteiger partial charge is 0.508 e. The van der Waals surface area contributed by atoms with Crippen molar-refractivity contribution in [2.24, 2.45) is 0 Å². The Bertz CT molecular complexity index is 977. The first kappa shape index (κ1) is 20.3. The summed E-state index contributed by atoms with van der Waals surface area (Å²) < 4.78 is 0. The Morgan fingerprint density at radius 1 is 1.14 bits per heavy atom. The number of rotatable bonds is 7. The second-order valence-electron chi connectivity index (χ2n) is 6.85. The Labute approximate surface area is 169 Å². The summed E-state index contributed by atoms with van der Waals surface area (Å²) in [5.74, 6) is 0.299. The average Bonchev–Trinajstić information content (AvgIpc) is 2.73. The van der Waals surface area contributed by atoms with Gasteiger partial charge >= 0.3 is 0 Å². The van der Waals surface area contributed by atoms with E-state index in [0.29, 0.717) is 29.2 Å². The van der Waals surface area contributed by atoms with Gasteiger partial charge in [-0.05, 0) is 24.1 Å². The zero-order chi connectivity index (χ0) is 20.8. The molecular formula is C22H24N4O3. The number of aliphatic hydroxyl groups is 1. The van der Waals surface area contributed by atoms with E-state index in [4.69, 9.17) is 0 Å². The molecule has 0 radical (unpaired) electrons. The predicted octanol–water partition coefficient (Wildman–Crippen LogP) is 2.77. The molecule has 150 valence electrons. The van der Waals surface area contributed by atoms with E-state index < -0.39 is 6.10 Å². The fourth-order valence-corrected chi connectivity index (χ4v) is 2.89. The number of nitrogens with one attached hydrogen (secondary N) is 1. The first-order valence-corrected chi connectivity index (χ1v) is 9.30. The molecule has 29 heavy (non-hydrogen) atoms. The molecule has 0 bridgehead atoms. The lowest BCUT2D eigenvalue weighted by atomic mass is 10.1. The fraction of sp³-hybridized carbons (Fsp3) is 0.227. The fourth-order valence-electron chi connectivity index (χ4n) is 2.89. The summed E-state index contributed by atoms with van der Waals surface area (Å²) in [7, 11) is 3.68. The van der Waals surface area contributed by atoms with Crippen molar-refractivity contribution in [3.8, 4) is 17.0 Å². The number of phenols is 1. The zero-order valence-corrected chi connectivity index (χ0v) is 16.4. The predicted molar refractivity (Wildman–Crippen MR) is 112 cm³/mol. The summed E-state index contributed by atoms with van der Waals surface area (Å²) in [6, 6.07) is 15.9. The van der Waals surface area contributed by atoms with Gasteiger partial charge in [-0.15, -0.1) is 0 Å². The second-order valence-corrected chi connectivity index (χ2v) is 6.85. The Hall–Kier alpha value is -3.45. The Morgan fingerprint density at radius 3 is 2.59 bits per heavy atom. The molecule has 0 saturated carbocycles. The molecular weight excluding hydrogens is 368 g/mol. The van der Waals surface area contributed by atoms with Crippen molar-refractivity contribution in [3.05, 3.63) is 71.9 Å². The SMILES string of the molecule is CN(C)c1ncc(C(=O)NCCC(O)c2cccc(O)c2)c(-c2ccccc2)n1. The lowest BCUT2D eigenvalue weighted by molar-refractivity contribution is 0.0942. The molecule has 1 amide bonds. The van der Waals surface area contributed by atoms with Crippen molar-refractivity contribution in [3.63, 3.8) is 0 Å². The molecule has 0 spiro atoms. The summed E-state index contributed by atoms with van der Waals surface area (Å²) in [4.78, 5) is 23.3. The Morgan fingerprint density at radius 2 is 1.90 bits per heavy atom. The number of aromatic hydroxyl groups is 1. The van der Waals surface area contributed by atoms with Crippen LogP contribution in [0.5, 0.6) is 5.75 Å². The molecule has 0 aliphatic heterocycles. The number of aliphatic hydroxyl groups excluding tert-OH is 1. The normalized spacial score (nSPS) is 11.7. The summed E-state index contributed by atoms with van der Waals surface area (Å²) >= 11 is 0. The van der Waals surface area contributed by atoms with Crippen LogP contribution in [0, 0.1) is 0 Å². The van der Waals surface area contributed by atoms with E-state index >= 15 is 0 Å². The van der Waals surface area contributed by atoms with Crippen LogP contribution in [0.1, 0.15) is 28.4 Å². The maximum Gasteiger partial charge on any atom is 0.255 e. The van der Waals surface area contributed by atoms with Gasteiger partial charge in [0.25, 0.3) is 5.91 Å². The van der Waals surface area contributed by atoms with Crippen molar-refractivity contribution in [2.75, 3.05) is 25.5 Å². The molecule has 0 aliphatic rings. The summed E-state index contributed by atoms with van der Waals surface area (Å²) in [5.41, 5.74) is 2.34. The number of carbonyl (C=O) groups excluding carboxylic acids is 1. The summed E-state index contributed by atoms with van der Waals surface area (Å²) in [6.45, 7) is 0.263. The van der Waals surface area contributed by atoms with Gasteiger partial charge in [-0.1, -0.05) is 42.5 Å². The molecule has 7 heteroatoms. The molecule has 0 aliphatic carbocycles. The van der Waals surface area contributed by atoms with Crippen LogP contribution in [-0.2, 0) is 0 Å². The Kier molecular flexibility index (Phi) is 6.41. The van der Waals surface area contributed by atoms with Crippen LogP contribution >= 0.6 is 0 Å². The number of anilines is 1. The van der Waals surface area contributed by atoms with Crippen molar-refractivity contribution in [1.82, 2.24) is 15.3 Å². The molecule has 1 aromatic heterocycles. The van der Waals surface area contributed by atoms with E-state index in [9.17, 15) is 15.0 Å². The van der Waals surface area contributed by atoms with E-state index in [1.54, 1.807) is 23.1 Å². The molecule has 2 aromatic carbocycles. The quantitative estimate of drug-likeness (QED) is 0.572. The number of amides is 1. The van der Waals surface area contributed by atoms with Crippen LogP contribution in [0.25, 0.3) is 11.3 Å². The standard InChI is InChI=1S/C22H24N4O3/c1-26(2)22-24-14-18(20(25-22)15-7-4-3-5-8-15)21(29)23-12-11-19(28)16-9-6-10-17(27)13-16/h3-10,13-14,19,27-28H,11-12H2,1-2H3,(H,23,29). The van der Waals surface area contributed by atoms with E-state index in [0.717, 1.165) is 5.56 Å². The van der Waals surface area contributed by atoms with E-state index in [1.807, 2.05) is 44.4 Å². The third-order valence-electron chi connectivity index (χ3n) is 4.43. The van der Waals surface area contributed by atoms with Crippen LogP contribution in [0.4, 0.5) is 5.95 Å². The molecule has 0 fully saturated rings. The van der Waals surface area contributed by atoms with Gasteiger partial charge < -0.3 is 20.4 Å². The van der Waals surface area contributed by atoms with Gasteiger partial charge in [0.05, 0.1) is 17.4 Å². The molecule has 1 unspecified atom stereocenters. The highest BCUT2D eigenvalue weighted by molar-refractivity contribution is 5.99. The molecule has 3 rings (SSSR count). The monoisotopic (exact) mass is 392 g/mol. The van der Waals surface area contributed by atoms with Crippen molar-refractivity contribution < 1.29 is 15.0 Å². The van der Waals surface area contributed by atoms with Gasteiger partial charge in [-0.2, -0.15) is 0 Å². The van der Waals surface area contributed by atoms with Crippen molar-refractivity contribution in [2.45, 2.75) is 12.5 Å². The second kappa shape index (κ2) is 9.16. The number of hydrogen-bond donors (Lipinski definition) is 3.